The highest BCUT2D eigenvalue weighted by atomic mass is 32.1. The molecule has 1 aliphatic heterocycles. The molecule has 0 aliphatic carbocycles. The molecule has 0 bridgehead atoms. The zero-order valence-corrected chi connectivity index (χ0v) is 12.6. The Morgan fingerprint density at radius 1 is 1.43 bits per heavy atom. The summed E-state index contributed by atoms with van der Waals surface area (Å²) in [6.07, 6.45) is 5.10. The van der Waals surface area contributed by atoms with E-state index in [2.05, 4.69) is 0 Å². The maximum absolute atomic E-state index is 13.3. The Kier molecular flexibility index (Phi) is 3.88. The molecule has 0 saturated heterocycles. The van der Waals surface area contributed by atoms with Gasteiger partial charge in [-0.05, 0) is 61.1 Å². The van der Waals surface area contributed by atoms with Crippen LogP contribution in [0.3, 0.4) is 0 Å². The lowest BCUT2D eigenvalue weighted by Gasteiger charge is -2.34. The summed E-state index contributed by atoms with van der Waals surface area (Å²) in [5, 5.41) is 1.98. The van der Waals surface area contributed by atoms with Crippen molar-refractivity contribution in [2.24, 2.45) is 0 Å². The van der Waals surface area contributed by atoms with Gasteiger partial charge in [-0.1, -0.05) is 6.07 Å². The largest absolute Gasteiger partial charge is 0.306 e. The van der Waals surface area contributed by atoms with Crippen LogP contribution in [0.25, 0.3) is 6.08 Å². The van der Waals surface area contributed by atoms with Crippen molar-refractivity contribution in [3.8, 4) is 0 Å². The Hall–Kier alpha value is -1.94. The zero-order chi connectivity index (χ0) is 14.8. The van der Waals surface area contributed by atoms with E-state index in [0.717, 1.165) is 29.0 Å². The lowest BCUT2D eigenvalue weighted by atomic mass is 9.96. The minimum Gasteiger partial charge on any atom is -0.306 e. The summed E-state index contributed by atoms with van der Waals surface area (Å²) < 4.78 is 13.3. The predicted octanol–water partition coefficient (Wildman–Crippen LogP) is 4.27. The molecule has 1 atom stereocenters. The van der Waals surface area contributed by atoms with E-state index < -0.39 is 0 Å². The number of amides is 1. The molecule has 21 heavy (non-hydrogen) atoms. The minimum atomic E-state index is -0.246. The molecule has 0 radical (unpaired) electrons. The van der Waals surface area contributed by atoms with Crippen molar-refractivity contribution in [2.45, 2.75) is 25.8 Å². The van der Waals surface area contributed by atoms with Crippen LogP contribution in [-0.4, -0.2) is 11.9 Å². The van der Waals surface area contributed by atoms with Gasteiger partial charge in [0.2, 0.25) is 0 Å². The summed E-state index contributed by atoms with van der Waals surface area (Å²) in [6, 6.07) is 8.71. The Labute approximate surface area is 127 Å². The average Bonchev–Trinajstić information content (AvgIpc) is 2.98. The van der Waals surface area contributed by atoms with Crippen molar-refractivity contribution in [2.75, 3.05) is 4.90 Å². The number of benzene rings is 1. The van der Waals surface area contributed by atoms with Crippen LogP contribution in [0, 0.1) is 5.82 Å². The van der Waals surface area contributed by atoms with Gasteiger partial charge in [0.15, 0.2) is 0 Å². The van der Waals surface area contributed by atoms with Gasteiger partial charge in [0, 0.05) is 22.7 Å². The molecule has 3 rings (SSSR count). The number of rotatable bonds is 2. The monoisotopic (exact) mass is 301 g/mol. The number of thiophene rings is 1. The van der Waals surface area contributed by atoms with Crippen LogP contribution in [-0.2, 0) is 11.2 Å². The normalized spacial score (nSPS) is 18.0. The Bertz CT molecular complexity index is 678. The highest BCUT2D eigenvalue weighted by Gasteiger charge is 2.27. The zero-order valence-electron chi connectivity index (χ0n) is 11.8. The van der Waals surface area contributed by atoms with Crippen LogP contribution in [0.5, 0.6) is 0 Å². The quantitative estimate of drug-likeness (QED) is 0.759. The number of fused-ring (bicyclic) bond motifs is 1. The Morgan fingerprint density at radius 3 is 3.05 bits per heavy atom. The van der Waals surface area contributed by atoms with Crippen molar-refractivity contribution >= 4 is 29.0 Å². The molecule has 2 heterocycles. The second kappa shape index (κ2) is 5.82. The van der Waals surface area contributed by atoms with Crippen LogP contribution in [0.1, 0.15) is 23.8 Å². The fraction of sp³-hybridized carbons (Fsp3) is 0.235. The number of halogens is 1. The molecular formula is C17H16FNOS. The molecule has 1 amide bonds. The van der Waals surface area contributed by atoms with E-state index in [-0.39, 0.29) is 17.8 Å². The number of nitrogens with zero attached hydrogens (tertiary/aromatic N) is 1. The van der Waals surface area contributed by atoms with Crippen molar-refractivity contribution in [1.29, 1.82) is 0 Å². The van der Waals surface area contributed by atoms with Crippen molar-refractivity contribution in [3.63, 3.8) is 0 Å². The van der Waals surface area contributed by atoms with E-state index in [0.29, 0.717) is 0 Å². The van der Waals surface area contributed by atoms with Gasteiger partial charge in [-0.3, -0.25) is 4.79 Å². The number of anilines is 1. The van der Waals surface area contributed by atoms with Gasteiger partial charge in [0.25, 0.3) is 5.91 Å². The maximum atomic E-state index is 13.3. The minimum absolute atomic E-state index is 0.0524. The van der Waals surface area contributed by atoms with Gasteiger partial charge in [-0.2, -0.15) is 0 Å². The molecule has 0 spiro atoms. The van der Waals surface area contributed by atoms with Gasteiger partial charge in [-0.15, -0.1) is 11.3 Å². The average molecular weight is 301 g/mol. The van der Waals surface area contributed by atoms with Crippen molar-refractivity contribution in [3.05, 3.63) is 58.0 Å². The van der Waals surface area contributed by atoms with Crippen molar-refractivity contribution in [1.82, 2.24) is 0 Å². The van der Waals surface area contributed by atoms with Gasteiger partial charge < -0.3 is 4.90 Å². The summed E-state index contributed by atoms with van der Waals surface area (Å²) in [7, 11) is 0. The fourth-order valence-corrected chi connectivity index (χ4v) is 3.29. The molecular weight excluding hydrogens is 285 g/mol. The number of aryl methyl sites for hydroxylation is 1. The Balaban J connectivity index is 1.89. The molecule has 1 unspecified atom stereocenters. The summed E-state index contributed by atoms with van der Waals surface area (Å²) in [4.78, 5) is 15.3. The molecule has 1 aromatic heterocycles. The van der Waals surface area contributed by atoms with Crippen LogP contribution in [0.4, 0.5) is 10.1 Å². The lowest BCUT2D eigenvalue weighted by Crippen LogP contribution is -2.41. The summed E-state index contributed by atoms with van der Waals surface area (Å²) >= 11 is 1.59. The summed E-state index contributed by atoms with van der Waals surface area (Å²) in [6.45, 7) is 2.03. The first kappa shape index (κ1) is 14.0. The highest BCUT2D eigenvalue weighted by Crippen LogP contribution is 2.31. The lowest BCUT2D eigenvalue weighted by molar-refractivity contribution is -0.114. The van der Waals surface area contributed by atoms with Gasteiger partial charge in [0.1, 0.15) is 5.82 Å². The molecule has 0 saturated carbocycles. The van der Waals surface area contributed by atoms with Crippen molar-refractivity contribution < 1.29 is 9.18 Å². The molecule has 1 aliphatic rings. The highest BCUT2D eigenvalue weighted by molar-refractivity contribution is 7.10. The van der Waals surface area contributed by atoms with E-state index in [9.17, 15) is 9.18 Å². The maximum Gasteiger partial charge on any atom is 0.251 e. The van der Waals surface area contributed by atoms with E-state index >= 15 is 0 Å². The second-order valence-corrected chi connectivity index (χ2v) is 6.20. The van der Waals surface area contributed by atoms with Crippen LogP contribution in [0.15, 0.2) is 41.8 Å². The predicted molar refractivity (Wildman–Crippen MR) is 85.0 cm³/mol. The van der Waals surface area contributed by atoms with E-state index in [4.69, 9.17) is 0 Å². The SMILES string of the molecule is CC1CCc2cc(F)ccc2N1C(=O)C=Cc1cccs1. The van der Waals surface area contributed by atoms with Gasteiger partial charge in [-0.25, -0.2) is 4.39 Å². The third kappa shape index (κ3) is 2.90. The molecule has 4 heteroatoms. The van der Waals surface area contributed by atoms with E-state index in [1.165, 1.54) is 12.1 Å². The first-order valence-corrected chi connectivity index (χ1v) is 7.86. The van der Waals surface area contributed by atoms with E-state index in [1.54, 1.807) is 28.4 Å². The van der Waals surface area contributed by atoms with Gasteiger partial charge >= 0.3 is 0 Å². The molecule has 0 fully saturated rings. The third-order valence-corrected chi connectivity index (χ3v) is 4.58. The first-order chi connectivity index (χ1) is 10.1. The standard InChI is InChI=1S/C17H16FNOS/c1-12-4-5-13-11-14(18)6-8-16(13)19(12)17(20)9-7-15-3-2-10-21-15/h2-3,6-12H,4-5H2,1H3. The topological polar surface area (TPSA) is 20.3 Å². The summed E-state index contributed by atoms with van der Waals surface area (Å²) in [5.74, 6) is -0.298. The molecule has 2 aromatic rings. The third-order valence-electron chi connectivity index (χ3n) is 3.74. The number of carbonyl (C=O) groups excluding carboxylic acids is 1. The number of carbonyl (C=O) groups is 1. The van der Waals surface area contributed by atoms with Crippen LogP contribution < -0.4 is 4.90 Å². The second-order valence-electron chi connectivity index (χ2n) is 5.22. The fourth-order valence-electron chi connectivity index (χ4n) is 2.68. The van der Waals surface area contributed by atoms with Crippen LogP contribution in [0.2, 0.25) is 0 Å². The molecule has 108 valence electrons. The molecule has 2 nitrogen and oxygen atoms in total. The molecule has 1 aromatic carbocycles. The summed E-state index contributed by atoms with van der Waals surface area (Å²) in [5.41, 5.74) is 1.74. The van der Waals surface area contributed by atoms with Crippen LogP contribution >= 0.6 is 11.3 Å². The smallest absolute Gasteiger partial charge is 0.251 e. The van der Waals surface area contributed by atoms with Gasteiger partial charge in [0.05, 0.1) is 0 Å². The Morgan fingerprint density at radius 2 is 2.29 bits per heavy atom. The first-order valence-electron chi connectivity index (χ1n) is 6.98. The van der Waals surface area contributed by atoms with E-state index in [1.807, 2.05) is 30.5 Å². The number of hydrogen-bond donors (Lipinski definition) is 0. The molecule has 0 N–H and O–H groups in total. The number of hydrogen-bond acceptors (Lipinski definition) is 2.